The summed E-state index contributed by atoms with van der Waals surface area (Å²) >= 11 is 0. The molecule has 0 spiro atoms. The van der Waals surface area contributed by atoms with Gasteiger partial charge in [-0.2, -0.15) is 0 Å². The minimum atomic E-state index is -0.102. The molecule has 0 aromatic rings. The van der Waals surface area contributed by atoms with Crippen LogP contribution in [0.25, 0.3) is 0 Å². The van der Waals surface area contributed by atoms with Gasteiger partial charge in [-0.05, 0) is 31.6 Å². The molecule has 1 atom stereocenters. The Balaban J connectivity index is 2.21. The first-order chi connectivity index (χ1) is 7.13. The number of carbonyl (C=O) groups excluding carboxylic acids is 1. The Hall–Kier alpha value is -0.610. The summed E-state index contributed by atoms with van der Waals surface area (Å²) in [5.74, 6) is 0.0533. The number of amides is 1. The second-order valence-corrected chi connectivity index (χ2v) is 4.46. The summed E-state index contributed by atoms with van der Waals surface area (Å²) in [5.41, 5.74) is 0.401. The average molecular weight is 214 g/mol. The quantitative estimate of drug-likeness (QED) is 0.650. The topological polar surface area (TPSA) is 50.4 Å². The van der Waals surface area contributed by atoms with E-state index in [1.54, 1.807) is 14.2 Å². The van der Waals surface area contributed by atoms with Crippen LogP contribution in [-0.4, -0.2) is 39.3 Å². The van der Waals surface area contributed by atoms with Gasteiger partial charge in [0, 0.05) is 27.3 Å². The second-order valence-electron chi connectivity index (χ2n) is 4.46. The van der Waals surface area contributed by atoms with Gasteiger partial charge in [-0.1, -0.05) is 0 Å². The first kappa shape index (κ1) is 12.5. The smallest absolute Gasteiger partial charge is 0.236 e. The largest absolute Gasteiger partial charge is 0.385 e. The van der Waals surface area contributed by atoms with Crippen LogP contribution in [-0.2, 0) is 9.53 Å². The molecule has 15 heavy (non-hydrogen) atoms. The third-order valence-corrected chi connectivity index (χ3v) is 3.22. The van der Waals surface area contributed by atoms with E-state index < -0.39 is 0 Å². The Morgan fingerprint density at radius 1 is 1.53 bits per heavy atom. The maximum Gasteiger partial charge on any atom is 0.236 e. The van der Waals surface area contributed by atoms with Gasteiger partial charge in [-0.15, -0.1) is 0 Å². The van der Waals surface area contributed by atoms with Crippen molar-refractivity contribution < 1.29 is 9.53 Å². The molecule has 1 amide bonds. The Labute approximate surface area is 91.8 Å². The van der Waals surface area contributed by atoms with Crippen LogP contribution >= 0.6 is 0 Å². The number of hydrogen-bond acceptors (Lipinski definition) is 3. The first-order valence-corrected chi connectivity index (χ1v) is 5.57. The number of nitrogens with one attached hydrogen (secondary N) is 2. The molecule has 0 radical (unpaired) electrons. The highest BCUT2D eigenvalue weighted by molar-refractivity contribution is 5.80. The van der Waals surface area contributed by atoms with Crippen molar-refractivity contribution in [2.24, 2.45) is 5.41 Å². The molecule has 1 saturated carbocycles. The molecular formula is C11H22N2O2. The number of rotatable bonds is 7. The Kier molecular flexibility index (Phi) is 4.54. The summed E-state index contributed by atoms with van der Waals surface area (Å²) < 4.78 is 5.09. The zero-order valence-corrected chi connectivity index (χ0v) is 9.93. The van der Waals surface area contributed by atoms with Crippen molar-refractivity contribution in [3.63, 3.8) is 0 Å². The molecule has 4 heteroatoms. The van der Waals surface area contributed by atoms with Gasteiger partial charge in [0.2, 0.25) is 5.91 Å². The van der Waals surface area contributed by atoms with Gasteiger partial charge in [-0.3, -0.25) is 4.79 Å². The van der Waals surface area contributed by atoms with Crippen LogP contribution in [0.5, 0.6) is 0 Å². The molecule has 0 aliphatic heterocycles. The van der Waals surface area contributed by atoms with E-state index in [9.17, 15) is 4.79 Å². The molecule has 1 aliphatic rings. The van der Waals surface area contributed by atoms with Gasteiger partial charge in [-0.25, -0.2) is 0 Å². The Morgan fingerprint density at radius 2 is 2.20 bits per heavy atom. The summed E-state index contributed by atoms with van der Waals surface area (Å²) in [5, 5.41) is 5.92. The van der Waals surface area contributed by atoms with E-state index in [2.05, 4.69) is 10.6 Å². The van der Waals surface area contributed by atoms with Crippen LogP contribution in [0.4, 0.5) is 0 Å². The fraction of sp³-hybridized carbons (Fsp3) is 0.909. The number of carbonyl (C=O) groups is 1. The van der Waals surface area contributed by atoms with Crippen molar-refractivity contribution in [2.75, 3.05) is 27.3 Å². The second kappa shape index (κ2) is 5.47. The highest BCUT2D eigenvalue weighted by atomic mass is 16.5. The zero-order chi connectivity index (χ0) is 11.3. The van der Waals surface area contributed by atoms with Gasteiger partial charge >= 0.3 is 0 Å². The van der Waals surface area contributed by atoms with Crippen molar-refractivity contribution in [3.05, 3.63) is 0 Å². The lowest BCUT2D eigenvalue weighted by atomic mass is 10.0. The summed E-state index contributed by atoms with van der Waals surface area (Å²) in [6, 6.07) is -0.102. The lowest BCUT2D eigenvalue weighted by Crippen LogP contribution is -2.43. The lowest BCUT2D eigenvalue weighted by Gasteiger charge is -2.18. The maximum atomic E-state index is 11.3. The number of hydrogen-bond donors (Lipinski definition) is 2. The number of methoxy groups -OCH3 is 1. The van der Waals surface area contributed by atoms with E-state index in [0.717, 1.165) is 19.6 Å². The van der Waals surface area contributed by atoms with Crippen molar-refractivity contribution in [2.45, 2.75) is 32.2 Å². The van der Waals surface area contributed by atoms with Gasteiger partial charge in [0.25, 0.3) is 0 Å². The average Bonchev–Trinajstić information content (AvgIpc) is 3.03. The first-order valence-electron chi connectivity index (χ1n) is 5.57. The van der Waals surface area contributed by atoms with E-state index in [1.807, 2.05) is 6.92 Å². The Morgan fingerprint density at radius 3 is 2.67 bits per heavy atom. The normalized spacial score (nSPS) is 19.7. The molecule has 0 heterocycles. The highest BCUT2D eigenvalue weighted by Crippen LogP contribution is 2.48. The van der Waals surface area contributed by atoms with Crippen LogP contribution in [0.2, 0.25) is 0 Å². The molecule has 2 N–H and O–H groups in total. The van der Waals surface area contributed by atoms with E-state index in [-0.39, 0.29) is 11.9 Å². The summed E-state index contributed by atoms with van der Waals surface area (Å²) in [6.07, 6.45) is 3.60. The lowest BCUT2D eigenvalue weighted by molar-refractivity contribution is -0.122. The van der Waals surface area contributed by atoms with Crippen LogP contribution < -0.4 is 10.6 Å². The molecule has 0 aromatic carbocycles. The molecule has 4 nitrogen and oxygen atoms in total. The zero-order valence-electron chi connectivity index (χ0n) is 9.93. The third kappa shape index (κ3) is 3.80. The van der Waals surface area contributed by atoms with E-state index in [4.69, 9.17) is 4.74 Å². The minimum absolute atomic E-state index is 0.0533. The van der Waals surface area contributed by atoms with Gasteiger partial charge in [0.1, 0.15) is 0 Å². The predicted octanol–water partition coefficient (Wildman–Crippen LogP) is 0.527. The molecule has 1 aliphatic carbocycles. The summed E-state index contributed by atoms with van der Waals surface area (Å²) in [6.45, 7) is 3.63. The van der Waals surface area contributed by atoms with Crippen LogP contribution in [0.15, 0.2) is 0 Å². The van der Waals surface area contributed by atoms with Gasteiger partial charge in [0.05, 0.1) is 6.04 Å². The van der Waals surface area contributed by atoms with Crippen LogP contribution in [0, 0.1) is 5.41 Å². The van der Waals surface area contributed by atoms with Crippen molar-refractivity contribution in [3.8, 4) is 0 Å². The Bertz CT molecular complexity index is 215. The minimum Gasteiger partial charge on any atom is -0.385 e. The van der Waals surface area contributed by atoms with Gasteiger partial charge < -0.3 is 15.4 Å². The summed E-state index contributed by atoms with van der Waals surface area (Å²) in [4.78, 5) is 11.3. The third-order valence-electron chi connectivity index (χ3n) is 3.22. The van der Waals surface area contributed by atoms with Crippen LogP contribution in [0.3, 0.4) is 0 Å². The standard InChI is InChI=1S/C11H22N2O2/c1-9(10(14)12-2)13-8-11(4-5-11)6-7-15-3/h9,13H,4-8H2,1-3H3,(H,12,14). The van der Waals surface area contributed by atoms with Crippen LogP contribution in [0.1, 0.15) is 26.2 Å². The fourth-order valence-corrected chi connectivity index (χ4v) is 1.69. The molecular weight excluding hydrogens is 192 g/mol. The number of likely N-dealkylation sites (N-methyl/N-ethyl adjacent to an activating group) is 1. The highest BCUT2D eigenvalue weighted by Gasteiger charge is 2.41. The summed E-state index contributed by atoms with van der Waals surface area (Å²) in [7, 11) is 3.40. The molecule has 0 saturated heterocycles. The van der Waals surface area contributed by atoms with E-state index >= 15 is 0 Å². The predicted molar refractivity (Wildman–Crippen MR) is 59.7 cm³/mol. The fourth-order valence-electron chi connectivity index (χ4n) is 1.69. The number of ether oxygens (including phenoxy) is 1. The maximum absolute atomic E-state index is 11.3. The van der Waals surface area contributed by atoms with Crippen molar-refractivity contribution in [1.29, 1.82) is 0 Å². The monoisotopic (exact) mass is 214 g/mol. The molecule has 88 valence electrons. The van der Waals surface area contributed by atoms with E-state index in [1.165, 1.54) is 12.8 Å². The van der Waals surface area contributed by atoms with Crippen molar-refractivity contribution in [1.82, 2.24) is 10.6 Å². The van der Waals surface area contributed by atoms with Crippen molar-refractivity contribution >= 4 is 5.91 Å². The molecule has 1 unspecified atom stereocenters. The molecule has 1 fully saturated rings. The van der Waals surface area contributed by atoms with E-state index in [0.29, 0.717) is 5.41 Å². The molecule has 0 aromatic heterocycles. The molecule has 0 bridgehead atoms. The van der Waals surface area contributed by atoms with Gasteiger partial charge in [0.15, 0.2) is 0 Å². The SMILES string of the molecule is CNC(=O)C(C)NCC1(CCOC)CC1. The molecule has 1 rings (SSSR count).